The average molecular weight is 690 g/mol. The summed E-state index contributed by atoms with van der Waals surface area (Å²) in [6.45, 7) is 31.0. The van der Waals surface area contributed by atoms with Gasteiger partial charge < -0.3 is 0 Å². The minimum absolute atomic E-state index is 0.270. The highest BCUT2D eigenvalue weighted by molar-refractivity contribution is 5.70. The van der Waals surface area contributed by atoms with E-state index in [4.69, 9.17) is 44.9 Å². The van der Waals surface area contributed by atoms with Crippen molar-refractivity contribution in [2.24, 2.45) is 0 Å². The molecule has 0 atom stereocenters. The van der Waals surface area contributed by atoms with Gasteiger partial charge in [0.05, 0.1) is 0 Å². The van der Waals surface area contributed by atoms with Crippen LogP contribution in [-0.2, 0) is 27.1 Å². The Morgan fingerprint density at radius 3 is 0.922 bits per heavy atom. The van der Waals surface area contributed by atoms with Gasteiger partial charge in [-0.05, 0) is 24.3 Å². The number of halogens is 1. The topological polar surface area (TPSA) is 116 Å². The van der Waals surface area contributed by atoms with Crippen molar-refractivity contribution in [1.29, 1.82) is 0 Å². The summed E-state index contributed by atoms with van der Waals surface area (Å²) in [7, 11) is 0. The molecule has 0 saturated heterocycles. The van der Waals surface area contributed by atoms with Crippen molar-refractivity contribution in [2.75, 3.05) is 0 Å². The molecule has 2 aromatic carbocycles. The van der Waals surface area contributed by atoms with Crippen molar-refractivity contribution in [3.8, 4) is 45.6 Å². The predicted molar refractivity (Wildman–Crippen MR) is 202 cm³/mol. The standard InChI is InChI=1S/C41H52FN9/c1-37(2,3)32-44-28(23-17-16-18-24(19-23)29-45-33(38(4,5)6)50-34(46-29)39(7,8)9)43-30(47-32)25-20-26(22-27(42)21-25)31-48-35(40(10,11)12)51-36(49-31)41(13,14)15/h16-22H,1-15H3. The second kappa shape index (κ2) is 12.9. The van der Waals surface area contributed by atoms with E-state index < -0.39 is 11.2 Å². The largest absolute Gasteiger partial charge is 0.217 e. The van der Waals surface area contributed by atoms with Crippen LogP contribution in [0.25, 0.3) is 45.6 Å². The molecule has 0 radical (unpaired) electrons. The van der Waals surface area contributed by atoms with Gasteiger partial charge in [-0.15, -0.1) is 0 Å². The minimum Gasteiger partial charge on any atom is -0.217 e. The number of hydrogen-bond donors (Lipinski definition) is 0. The van der Waals surface area contributed by atoms with Crippen molar-refractivity contribution in [1.82, 2.24) is 44.9 Å². The van der Waals surface area contributed by atoms with Gasteiger partial charge >= 0.3 is 0 Å². The molecular weight excluding hydrogens is 638 g/mol. The van der Waals surface area contributed by atoms with Gasteiger partial charge in [0, 0.05) is 49.3 Å². The van der Waals surface area contributed by atoms with Crippen molar-refractivity contribution in [3.63, 3.8) is 0 Å². The summed E-state index contributed by atoms with van der Waals surface area (Å²) < 4.78 is 15.5. The Kier molecular flexibility index (Phi) is 9.50. The fraction of sp³-hybridized carbons (Fsp3) is 0.488. The first-order valence-electron chi connectivity index (χ1n) is 17.5. The Morgan fingerprint density at radius 2 is 0.588 bits per heavy atom. The quantitative estimate of drug-likeness (QED) is 0.182. The van der Waals surface area contributed by atoms with Gasteiger partial charge in [-0.1, -0.05) is 122 Å². The summed E-state index contributed by atoms with van der Waals surface area (Å²) >= 11 is 0. The van der Waals surface area contributed by atoms with E-state index in [-0.39, 0.29) is 21.7 Å². The molecule has 0 amide bonds. The molecule has 268 valence electrons. The molecule has 0 aliphatic carbocycles. The lowest BCUT2D eigenvalue weighted by Crippen LogP contribution is -2.24. The smallest absolute Gasteiger partial charge is 0.163 e. The maximum Gasteiger partial charge on any atom is 0.163 e. The molecule has 5 rings (SSSR count). The van der Waals surface area contributed by atoms with Crippen LogP contribution in [-0.4, -0.2) is 44.9 Å². The summed E-state index contributed by atoms with van der Waals surface area (Å²) in [4.78, 5) is 43.8. The number of hydrogen-bond acceptors (Lipinski definition) is 9. The van der Waals surface area contributed by atoms with Crippen molar-refractivity contribution >= 4 is 0 Å². The highest BCUT2D eigenvalue weighted by Gasteiger charge is 2.28. The van der Waals surface area contributed by atoms with Crippen LogP contribution in [0.2, 0.25) is 0 Å². The zero-order chi connectivity index (χ0) is 37.9. The Morgan fingerprint density at radius 1 is 0.333 bits per heavy atom. The summed E-state index contributed by atoms with van der Waals surface area (Å²) in [6.07, 6.45) is 0. The second-order valence-electron chi connectivity index (χ2n) is 18.5. The van der Waals surface area contributed by atoms with Crippen LogP contribution in [0.15, 0.2) is 42.5 Å². The highest BCUT2D eigenvalue weighted by Crippen LogP contribution is 2.33. The maximum atomic E-state index is 15.5. The van der Waals surface area contributed by atoms with E-state index in [1.165, 1.54) is 12.1 Å². The van der Waals surface area contributed by atoms with Gasteiger partial charge in [-0.25, -0.2) is 49.2 Å². The molecular formula is C41H52FN9. The fourth-order valence-electron chi connectivity index (χ4n) is 4.97. The monoisotopic (exact) mass is 689 g/mol. The normalized spacial score (nSPS) is 13.1. The van der Waals surface area contributed by atoms with Crippen LogP contribution in [0.5, 0.6) is 0 Å². The van der Waals surface area contributed by atoms with E-state index in [1.807, 2.05) is 51.1 Å². The Bertz CT molecular complexity index is 2020. The number of aromatic nitrogens is 9. The first-order valence-corrected chi connectivity index (χ1v) is 17.5. The van der Waals surface area contributed by atoms with Crippen LogP contribution in [0.4, 0.5) is 4.39 Å². The number of benzene rings is 2. The zero-order valence-corrected chi connectivity index (χ0v) is 32.9. The molecule has 0 spiro atoms. The van der Waals surface area contributed by atoms with Crippen LogP contribution in [0, 0.1) is 5.82 Å². The Balaban J connectivity index is 1.68. The van der Waals surface area contributed by atoms with Gasteiger partial charge in [0.25, 0.3) is 0 Å². The summed E-state index contributed by atoms with van der Waals surface area (Å²) in [5, 5.41) is 0. The fourth-order valence-corrected chi connectivity index (χ4v) is 4.97. The average Bonchev–Trinajstić information content (AvgIpc) is 3.02. The molecule has 0 aliphatic rings. The van der Waals surface area contributed by atoms with Gasteiger partial charge in [-0.2, -0.15) is 0 Å². The summed E-state index contributed by atoms with van der Waals surface area (Å²) in [5.41, 5.74) is 0.953. The number of nitrogens with zero attached hydrogens (tertiary/aromatic N) is 9. The molecule has 0 unspecified atom stereocenters. The molecule has 9 nitrogen and oxygen atoms in total. The molecule has 0 bridgehead atoms. The third kappa shape index (κ3) is 8.65. The third-order valence-electron chi connectivity index (χ3n) is 8.05. The van der Waals surface area contributed by atoms with Crippen LogP contribution >= 0.6 is 0 Å². The van der Waals surface area contributed by atoms with Crippen LogP contribution < -0.4 is 0 Å². The van der Waals surface area contributed by atoms with Crippen LogP contribution in [0.1, 0.15) is 133 Å². The Labute approximate surface area is 302 Å². The zero-order valence-electron chi connectivity index (χ0n) is 32.9. The first kappa shape index (κ1) is 37.7. The van der Waals surface area contributed by atoms with E-state index in [1.54, 1.807) is 0 Å². The molecule has 5 aromatic rings. The van der Waals surface area contributed by atoms with E-state index in [9.17, 15) is 0 Å². The van der Waals surface area contributed by atoms with Crippen molar-refractivity contribution in [3.05, 3.63) is 77.4 Å². The lowest BCUT2D eigenvalue weighted by molar-refractivity contribution is 0.497. The summed E-state index contributed by atoms with van der Waals surface area (Å²) in [6, 6.07) is 12.6. The molecule has 0 saturated carbocycles. The van der Waals surface area contributed by atoms with E-state index >= 15 is 4.39 Å². The number of rotatable bonds is 4. The SMILES string of the molecule is CC(C)(C)c1nc(-c2cccc(-c3nc(C(C)(C)C)nc(C(C)(C)C)n3)c2)nc(-c2cc(F)cc(-c3nc(C(C)(C)C)nc(C(C)(C)C)n3)c2)n1. The molecule has 0 aliphatic heterocycles. The molecule has 0 N–H and O–H groups in total. The highest BCUT2D eigenvalue weighted by atomic mass is 19.1. The third-order valence-corrected chi connectivity index (χ3v) is 8.05. The van der Waals surface area contributed by atoms with E-state index in [0.29, 0.717) is 51.9 Å². The lowest BCUT2D eigenvalue weighted by Gasteiger charge is -2.23. The predicted octanol–water partition coefficient (Wildman–Crippen LogP) is 9.54. The first-order chi connectivity index (χ1) is 23.3. The van der Waals surface area contributed by atoms with Gasteiger partial charge in [0.2, 0.25) is 0 Å². The molecule has 0 fully saturated rings. The molecule has 10 heteroatoms. The summed E-state index contributed by atoms with van der Waals surface area (Å²) in [5.74, 6) is 4.67. The van der Waals surface area contributed by atoms with Gasteiger partial charge in [0.15, 0.2) is 23.3 Å². The van der Waals surface area contributed by atoms with Gasteiger partial charge in [0.1, 0.15) is 34.9 Å². The molecule has 3 aromatic heterocycles. The van der Waals surface area contributed by atoms with E-state index in [2.05, 4.69) is 83.1 Å². The molecule has 3 heterocycles. The van der Waals surface area contributed by atoms with Gasteiger partial charge in [-0.3, -0.25) is 0 Å². The van der Waals surface area contributed by atoms with E-state index in [0.717, 1.165) is 22.8 Å². The lowest BCUT2D eigenvalue weighted by atomic mass is 9.93. The second-order valence-corrected chi connectivity index (χ2v) is 18.5. The minimum atomic E-state index is -0.446. The maximum absolute atomic E-state index is 15.5. The Hall–Kier alpha value is -4.60. The molecule has 51 heavy (non-hydrogen) atoms. The van der Waals surface area contributed by atoms with Crippen LogP contribution in [0.3, 0.4) is 0 Å². The van der Waals surface area contributed by atoms with Crippen molar-refractivity contribution < 1.29 is 4.39 Å². The van der Waals surface area contributed by atoms with Crippen molar-refractivity contribution in [2.45, 2.75) is 131 Å².